The van der Waals surface area contributed by atoms with Crippen molar-refractivity contribution >= 4 is 40.9 Å². The second-order valence-corrected chi connectivity index (χ2v) is 8.11. The molecule has 1 aliphatic rings. The second-order valence-electron chi connectivity index (χ2n) is 6.86. The van der Waals surface area contributed by atoms with Gasteiger partial charge in [0.15, 0.2) is 0 Å². The third kappa shape index (κ3) is 4.54. The summed E-state index contributed by atoms with van der Waals surface area (Å²) in [5, 5.41) is 5.19. The van der Waals surface area contributed by atoms with Gasteiger partial charge in [0.2, 0.25) is 17.7 Å². The van der Waals surface area contributed by atoms with Gasteiger partial charge in [-0.05, 0) is 37.1 Å². The van der Waals surface area contributed by atoms with Crippen LogP contribution in [-0.2, 0) is 14.4 Å². The van der Waals surface area contributed by atoms with E-state index in [2.05, 4.69) is 10.6 Å². The lowest BCUT2D eigenvalue weighted by molar-refractivity contribution is -0.134. The fourth-order valence-electron chi connectivity index (χ4n) is 3.04. The molecular formula is C21H23N3O3S. The number of carbonyl (C=O) groups excluding carboxylic acids is 3. The number of aryl methyl sites for hydroxylation is 2. The minimum Gasteiger partial charge on any atom is -0.336 e. The fraction of sp³-hybridized carbons (Fsp3) is 0.286. The molecule has 1 heterocycles. The van der Waals surface area contributed by atoms with Crippen LogP contribution >= 0.6 is 11.8 Å². The monoisotopic (exact) mass is 397 g/mol. The molecule has 0 aliphatic carbocycles. The van der Waals surface area contributed by atoms with Crippen molar-refractivity contribution in [3.8, 4) is 0 Å². The van der Waals surface area contributed by atoms with Crippen molar-refractivity contribution in [1.82, 2.24) is 4.90 Å². The maximum absolute atomic E-state index is 12.5. The molecule has 7 heteroatoms. The molecule has 0 radical (unpaired) electrons. The first-order chi connectivity index (χ1) is 13.3. The number of hydrogen-bond donors (Lipinski definition) is 2. The first kappa shape index (κ1) is 19.9. The molecule has 0 fully saturated rings. The van der Waals surface area contributed by atoms with Gasteiger partial charge in [0.1, 0.15) is 0 Å². The average Bonchev–Trinajstić information content (AvgIpc) is 2.65. The molecule has 146 valence electrons. The number of likely N-dealkylation sites (N-methyl/N-ethyl adjacent to an activating group) is 1. The van der Waals surface area contributed by atoms with Crippen LogP contribution in [0.5, 0.6) is 0 Å². The lowest BCUT2D eigenvalue weighted by Gasteiger charge is -2.25. The Morgan fingerprint density at radius 3 is 2.50 bits per heavy atom. The predicted octanol–water partition coefficient (Wildman–Crippen LogP) is 3.20. The van der Waals surface area contributed by atoms with Gasteiger partial charge in [-0.3, -0.25) is 14.4 Å². The molecule has 28 heavy (non-hydrogen) atoms. The van der Waals surface area contributed by atoms with Crippen molar-refractivity contribution in [2.24, 2.45) is 0 Å². The van der Waals surface area contributed by atoms with E-state index in [4.69, 9.17) is 0 Å². The molecule has 2 aromatic carbocycles. The maximum atomic E-state index is 12.5. The van der Waals surface area contributed by atoms with Crippen LogP contribution in [0.1, 0.15) is 17.5 Å². The number of amides is 3. The minimum absolute atomic E-state index is 0.0397. The summed E-state index contributed by atoms with van der Waals surface area (Å²) < 4.78 is 0. The number of thioether (sulfide) groups is 1. The Balaban J connectivity index is 1.57. The van der Waals surface area contributed by atoms with E-state index >= 15 is 0 Å². The molecule has 6 nitrogen and oxygen atoms in total. The van der Waals surface area contributed by atoms with Gasteiger partial charge in [-0.2, -0.15) is 0 Å². The number of anilines is 2. The highest BCUT2D eigenvalue weighted by Crippen LogP contribution is 2.36. The van der Waals surface area contributed by atoms with Gasteiger partial charge in [-0.25, -0.2) is 0 Å². The number of carbonyl (C=O) groups is 3. The first-order valence-electron chi connectivity index (χ1n) is 9.01. The maximum Gasteiger partial charge on any atom is 0.243 e. The van der Waals surface area contributed by atoms with E-state index in [1.54, 1.807) is 7.05 Å². The number of para-hydroxylation sites is 2. The van der Waals surface area contributed by atoms with Gasteiger partial charge in [-0.15, -0.1) is 11.8 Å². The summed E-state index contributed by atoms with van der Waals surface area (Å²) in [6, 6.07) is 13.3. The van der Waals surface area contributed by atoms with Gasteiger partial charge >= 0.3 is 0 Å². The molecule has 2 aromatic rings. The Labute approximate surface area is 168 Å². The number of nitrogens with one attached hydrogen (secondary N) is 2. The number of nitrogens with zero attached hydrogens (tertiary/aromatic N) is 1. The van der Waals surface area contributed by atoms with Crippen LogP contribution in [0.2, 0.25) is 0 Å². The summed E-state index contributed by atoms with van der Waals surface area (Å²) >= 11 is 1.38. The van der Waals surface area contributed by atoms with Gasteiger partial charge < -0.3 is 15.5 Å². The summed E-state index contributed by atoms with van der Waals surface area (Å²) in [7, 11) is 1.58. The number of hydrogen-bond acceptors (Lipinski definition) is 4. The lowest BCUT2D eigenvalue weighted by Crippen LogP contribution is -2.39. The van der Waals surface area contributed by atoms with E-state index in [-0.39, 0.29) is 30.7 Å². The third-order valence-corrected chi connectivity index (χ3v) is 5.89. The Hall–Kier alpha value is -2.80. The molecular weight excluding hydrogens is 374 g/mol. The van der Waals surface area contributed by atoms with Gasteiger partial charge in [-0.1, -0.05) is 30.3 Å². The molecule has 0 saturated heterocycles. The Morgan fingerprint density at radius 1 is 1.11 bits per heavy atom. The topological polar surface area (TPSA) is 78.5 Å². The van der Waals surface area contributed by atoms with Crippen molar-refractivity contribution in [2.75, 3.05) is 24.2 Å². The van der Waals surface area contributed by atoms with Crippen LogP contribution in [0.25, 0.3) is 0 Å². The highest BCUT2D eigenvalue weighted by atomic mass is 32.2. The molecule has 0 aromatic heterocycles. The molecule has 1 aliphatic heterocycles. The molecule has 1 atom stereocenters. The number of rotatable bonds is 5. The largest absolute Gasteiger partial charge is 0.336 e. The zero-order chi connectivity index (χ0) is 20.3. The summed E-state index contributed by atoms with van der Waals surface area (Å²) in [5.41, 5.74) is 3.47. The van der Waals surface area contributed by atoms with Crippen LogP contribution in [0.15, 0.2) is 47.4 Å². The average molecular weight is 398 g/mol. The van der Waals surface area contributed by atoms with Crippen LogP contribution < -0.4 is 10.6 Å². The van der Waals surface area contributed by atoms with Crippen molar-refractivity contribution in [3.05, 3.63) is 53.6 Å². The predicted molar refractivity (Wildman–Crippen MR) is 112 cm³/mol. The highest BCUT2D eigenvalue weighted by molar-refractivity contribution is 8.01. The quantitative estimate of drug-likeness (QED) is 0.812. The summed E-state index contributed by atoms with van der Waals surface area (Å²) in [6.45, 7) is 3.78. The van der Waals surface area contributed by atoms with E-state index in [1.165, 1.54) is 16.7 Å². The second kappa shape index (κ2) is 8.48. The van der Waals surface area contributed by atoms with Crippen LogP contribution in [-0.4, -0.2) is 41.5 Å². The van der Waals surface area contributed by atoms with Crippen molar-refractivity contribution < 1.29 is 14.4 Å². The van der Waals surface area contributed by atoms with E-state index in [0.717, 1.165) is 27.4 Å². The minimum atomic E-state index is -0.508. The van der Waals surface area contributed by atoms with Crippen molar-refractivity contribution in [2.45, 2.75) is 30.4 Å². The standard InChI is InChI=1S/C21H23N3O3S/c1-13-7-6-8-14(2)20(13)23-18(25)12-24(3)19(26)11-17-21(27)22-15-9-4-5-10-16(15)28-17/h4-10,17H,11-12H2,1-3H3,(H,22,27)(H,23,25)/t17-/m0/s1. The van der Waals surface area contributed by atoms with Gasteiger partial charge in [0.05, 0.1) is 17.5 Å². The number of fused-ring (bicyclic) bond motifs is 1. The lowest BCUT2D eigenvalue weighted by atomic mass is 10.1. The van der Waals surface area contributed by atoms with Crippen molar-refractivity contribution in [1.29, 1.82) is 0 Å². The highest BCUT2D eigenvalue weighted by Gasteiger charge is 2.30. The number of benzene rings is 2. The molecule has 0 spiro atoms. The zero-order valence-corrected chi connectivity index (χ0v) is 16.9. The molecule has 2 N–H and O–H groups in total. The van der Waals surface area contributed by atoms with E-state index in [1.807, 2.05) is 56.3 Å². The summed E-state index contributed by atoms with van der Waals surface area (Å²) in [4.78, 5) is 39.5. The Kier molecular flexibility index (Phi) is 6.04. The van der Waals surface area contributed by atoms with Gasteiger partial charge in [0, 0.05) is 24.1 Å². The molecule has 3 rings (SSSR count). The SMILES string of the molecule is Cc1cccc(C)c1NC(=O)CN(C)C(=O)C[C@@H]1Sc2ccccc2NC1=O. The Morgan fingerprint density at radius 2 is 1.79 bits per heavy atom. The fourth-order valence-corrected chi connectivity index (χ4v) is 4.14. The van der Waals surface area contributed by atoms with Crippen molar-refractivity contribution in [3.63, 3.8) is 0 Å². The van der Waals surface area contributed by atoms with E-state index in [9.17, 15) is 14.4 Å². The van der Waals surface area contributed by atoms with E-state index in [0.29, 0.717) is 0 Å². The zero-order valence-electron chi connectivity index (χ0n) is 16.1. The van der Waals surface area contributed by atoms with Crippen LogP contribution in [0.3, 0.4) is 0 Å². The van der Waals surface area contributed by atoms with Gasteiger partial charge in [0.25, 0.3) is 0 Å². The van der Waals surface area contributed by atoms with Crippen LogP contribution in [0, 0.1) is 13.8 Å². The summed E-state index contributed by atoms with van der Waals surface area (Å²) in [6.07, 6.45) is 0.0397. The van der Waals surface area contributed by atoms with Crippen LogP contribution in [0.4, 0.5) is 11.4 Å². The normalized spacial score (nSPS) is 15.4. The smallest absolute Gasteiger partial charge is 0.243 e. The molecule has 0 saturated carbocycles. The molecule has 0 unspecified atom stereocenters. The summed E-state index contributed by atoms with van der Waals surface area (Å²) in [5.74, 6) is -0.700. The third-order valence-electron chi connectivity index (χ3n) is 4.62. The molecule has 0 bridgehead atoms. The first-order valence-corrected chi connectivity index (χ1v) is 9.89. The van der Waals surface area contributed by atoms with E-state index < -0.39 is 5.25 Å². The Bertz CT molecular complexity index is 909. The molecule has 3 amide bonds.